The van der Waals surface area contributed by atoms with Gasteiger partial charge >= 0.3 is 0 Å². The van der Waals surface area contributed by atoms with E-state index in [2.05, 4.69) is 44.8 Å². The van der Waals surface area contributed by atoms with Crippen molar-refractivity contribution in [1.82, 2.24) is 5.32 Å². The third-order valence-electron chi connectivity index (χ3n) is 4.16. The van der Waals surface area contributed by atoms with E-state index in [0.717, 1.165) is 18.9 Å². The molecule has 0 aromatic heterocycles. The number of rotatable bonds is 8. The summed E-state index contributed by atoms with van der Waals surface area (Å²) in [5.74, 6) is 0.882. The van der Waals surface area contributed by atoms with E-state index in [0.29, 0.717) is 0 Å². The smallest absolute Gasteiger partial charge is 0.0147 e. The van der Waals surface area contributed by atoms with Crippen molar-refractivity contribution in [2.75, 3.05) is 6.54 Å². The first kappa shape index (κ1) is 16.1. The maximum atomic E-state index is 4.20. The average Bonchev–Trinajstić information content (AvgIpc) is 2.42. The van der Waals surface area contributed by atoms with E-state index in [1.54, 1.807) is 0 Å². The first-order chi connectivity index (χ1) is 9.17. The van der Waals surface area contributed by atoms with Crippen LogP contribution in [0.2, 0.25) is 0 Å². The second-order valence-corrected chi connectivity index (χ2v) is 5.77. The molecule has 1 aliphatic rings. The number of hydrogen-bond donors (Lipinski definition) is 1. The van der Waals surface area contributed by atoms with Crippen LogP contribution in [-0.2, 0) is 0 Å². The lowest BCUT2D eigenvalue weighted by atomic mass is 9.93. The lowest BCUT2D eigenvalue weighted by Crippen LogP contribution is -2.19. The molecule has 1 rings (SSSR count). The fraction of sp³-hybridized carbons (Fsp3) is 0.667. The molecule has 1 aliphatic heterocycles. The Morgan fingerprint density at radius 1 is 1.37 bits per heavy atom. The van der Waals surface area contributed by atoms with Crippen molar-refractivity contribution in [2.24, 2.45) is 5.92 Å². The van der Waals surface area contributed by atoms with E-state index in [-0.39, 0.29) is 0 Å². The largest absolute Gasteiger partial charge is 0.388 e. The maximum absolute atomic E-state index is 4.20. The van der Waals surface area contributed by atoms with Crippen LogP contribution in [0.25, 0.3) is 0 Å². The first-order valence-corrected chi connectivity index (χ1v) is 7.96. The highest BCUT2D eigenvalue weighted by molar-refractivity contribution is 5.30. The van der Waals surface area contributed by atoms with Crippen LogP contribution in [0.3, 0.4) is 0 Å². The monoisotopic (exact) mass is 261 g/mol. The molecule has 0 fully saturated rings. The average molecular weight is 261 g/mol. The Kier molecular flexibility index (Phi) is 7.62. The van der Waals surface area contributed by atoms with Crippen LogP contribution in [0.5, 0.6) is 0 Å². The van der Waals surface area contributed by atoms with Gasteiger partial charge in [-0.3, -0.25) is 0 Å². The third kappa shape index (κ3) is 6.13. The summed E-state index contributed by atoms with van der Waals surface area (Å²) in [7, 11) is 0. The van der Waals surface area contributed by atoms with Crippen molar-refractivity contribution >= 4 is 0 Å². The van der Waals surface area contributed by atoms with Crippen molar-refractivity contribution in [3.63, 3.8) is 0 Å². The molecule has 0 aromatic rings. The van der Waals surface area contributed by atoms with E-state index in [4.69, 9.17) is 0 Å². The molecule has 1 N–H and O–H groups in total. The predicted octanol–water partition coefficient (Wildman–Crippen LogP) is 5.36. The Morgan fingerprint density at radius 2 is 2.16 bits per heavy atom. The van der Waals surface area contributed by atoms with Crippen LogP contribution in [0.4, 0.5) is 0 Å². The summed E-state index contributed by atoms with van der Waals surface area (Å²) in [5, 5.41) is 3.43. The van der Waals surface area contributed by atoms with Gasteiger partial charge in [0.05, 0.1) is 0 Å². The van der Waals surface area contributed by atoms with Gasteiger partial charge in [-0.15, -0.1) is 0 Å². The molecule has 0 saturated carbocycles. The molecule has 0 spiro atoms. The second kappa shape index (κ2) is 9.01. The van der Waals surface area contributed by atoms with E-state index in [9.17, 15) is 0 Å². The minimum atomic E-state index is 0.882. The van der Waals surface area contributed by atoms with Crippen LogP contribution in [0.1, 0.15) is 65.7 Å². The molecule has 19 heavy (non-hydrogen) atoms. The van der Waals surface area contributed by atoms with Crippen LogP contribution < -0.4 is 5.32 Å². The molecule has 1 heteroatoms. The SMILES string of the molecule is C=C(/C=C\C1=C(C)NCCC1)CCC(CC)CCC. The van der Waals surface area contributed by atoms with Crippen molar-refractivity contribution < 1.29 is 0 Å². The van der Waals surface area contributed by atoms with E-state index < -0.39 is 0 Å². The molecule has 0 amide bonds. The van der Waals surface area contributed by atoms with Gasteiger partial charge < -0.3 is 5.32 Å². The van der Waals surface area contributed by atoms with E-state index in [1.807, 2.05) is 0 Å². The summed E-state index contributed by atoms with van der Waals surface area (Å²) in [6.07, 6.45) is 13.4. The fourth-order valence-electron chi connectivity index (χ4n) is 2.72. The molecule has 1 unspecified atom stereocenters. The molecule has 1 heterocycles. The minimum absolute atomic E-state index is 0.882. The molecule has 1 atom stereocenters. The van der Waals surface area contributed by atoms with E-state index in [1.165, 1.54) is 55.4 Å². The number of hydrogen-bond acceptors (Lipinski definition) is 1. The van der Waals surface area contributed by atoms with Crippen molar-refractivity contribution in [1.29, 1.82) is 0 Å². The zero-order valence-electron chi connectivity index (χ0n) is 13.1. The molecule has 0 aliphatic carbocycles. The molecule has 0 aromatic carbocycles. The standard InChI is InChI=1S/C18H31N/c1-5-8-17(6-2)12-10-15(3)11-13-18-9-7-14-19-16(18)4/h11,13,17,19H,3,5-10,12,14H2,1-2,4H3/b13-11-. The molecular formula is C18H31N. The van der Waals surface area contributed by atoms with Gasteiger partial charge in [0.1, 0.15) is 0 Å². The molecule has 0 radical (unpaired) electrons. The van der Waals surface area contributed by atoms with Crippen LogP contribution in [0, 0.1) is 5.92 Å². The van der Waals surface area contributed by atoms with Gasteiger partial charge in [-0.1, -0.05) is 57.4 Å². The predicted molar refractivity (Wildman–Crippen MR) is 86.1 cm³/mol. The zero-order chi connectivity index (χ0) is 14.1. The lowest BCUT2D eigenvalue weighted by Gasteiger charge is -2.17. The molecule has 108 valence electrons. The summed E-state index contributed by atoms with van der Waals surface area (Å²) < 4.78 is 0. The molecule has 0 bridgehead atoms. The topological polar surface area (TPSA) is 12.0 Å². The van der Waals surface area contributed by atoms with Crippen molar-refractivity contribution in [3.8, 4) is 0 Å². The van der Waals surface area contributed by atoms with Gasteiger partial charge in [-0.25, -0.2) is 0 Å². The van der Waals surface area contributed by atoms with Gasteiger partial charge in [-0.05, 0) is 44.1 Å². The molecular weight excluding hydrogens is 230 g/mol. The Balaban J connectivity index is 2.38. The molecule has 0 saturated heterocycles. The third-order valence-corrected chi connectivity index (χ3v) is 4.16. The zero-order valence-corrected chi connectivity index (χ0v) is 13.1. The summed E-state index contributed by atoms with van der Waals surface area (Å²) in [5.41, 5.74) is 4.07. The fourth-order valence-corrected chi connectivity index (χ4v) is 2.72. The quantitative estimate of drug-likeness (QED) is 0.580. The number of allylic oxidation sites excluding steroid dienone is 5. The summed E-state index contributed by atoms with van der Waals surface area (Å²) >= 11 is 0. The highest BCUT2D eigenvalue weighted by atomic mass is 14.9. The van der Waals surface area contributed by atoms with Gasteiger partial charge in [0.2, 0.25) is 0 Å². The van der Waals surface area contributed by atoms with Gasteiger partial charge in [0.25, 0.3) is 0 Å². The first-order valence-electron chi connectivity index (χ1n) is 7.96. The Labute approximate surface area is 119 Å². The van der Waals surface area contributed by atoms with Crippen LogP contribution in [-0.4, -0.2) is 6.54 Å². The normalized spacial score (nSPS) is 17.6. The lowest BCUT2D eigenvalue weighted by molar-refractivity contribution is 0.433. The van der Waals surface area contributed by atoms with Gasteiger partial charge in [0.15, 0.2) is 0 Å². The second-order valence-electron chi connectivity index (χ2n) is 5.77. The van der Waals surface area contributed by atoms with Crippen LogP contribution >= 0.6 is 0 Å². The highest BCUT2D eigenvalue weighted by Gasteiger charge is 2.06. The summed E-state index contributed by atoms with van der Waals surface area (Å²) in [6, 6.07) is 0. The Hall–Kier alpha value is -0.980. The van der Waals surface area contributed by atoms with Gasteiger partial charge in [0, 0.05) is 12.2 Å². The van der Waals surface area contributed by atoms with Crippen molar-refractivity contribution in [3.05, 3.63) is 35.6 Å². The van der Waals surface area contributed by atoms with E-state index >= 15 is 0 Å². The minimum Gasteiger partial charge on any atom is -0.388 e. The van der Waals surface area contributed by atoms with Crippen molar-refractivity contribution in [2.45, 2.75) is 65.7 Å². The Morgan fingerprint density at radius 3 is 2.79 bits per heavy atom. The maximum Gasteiger partial charge on any atom is 0.0147 e. The summed E-state index contributed by atoms with van der Waals surface area (Å²) in [4.78, 5) is 0. The van der Waals surface area contributed by atoms with Crippen LogP contribution in [0.15, 0.2) is 35.6 Å². The van der Waals surface area contributed by atoms with Gasteiger partial charge in [-0.2, -0.15) is 0 Å². The summed E-state index contributed by atoms with van der Waals surface area (Å²) in [6.45, 7) is 12.1. The highest BCUT2D eigenvalue weighted by Crippen LogP contribution is 2.21. The number of nitrogens with one attached hydrogen (secondary N) is 1. The Bertz CT molecular complexity index is 336. The molecule has 1 nitrogen and oxygen atoms in total.